The quantitative estimate of drug-likeness (QED) is 0.192. The van der Waals surface area contributed by atoms with E-state index in [1.165, 1.54) is 65.7 Å². The van der Waals surface area contributed by atoms with Crippen molar-refractivity contribution < 1.29 is 0 Å². The van der Waals surface area contributed by atoms with Gasteiger partial charge in [0.05, 0.1) is 0 Å². The van der Waals surface area contributed by atoms with Gasteiger partial charge in [-0.05, 0) is 77.8 Å². The van der Waals surface area contributed by atoms with Crippen LogP contribution in [0.5, 0.6) is 0 Å². The van der Waals surface area contributed by atoms with Crippen LogP contribution in [-0.2, 0) is 0 Å². The second kappa shape index (κ2) is 10.8. The van der Waals surface area contributed by atoms with Crippen LogP contribution in [0.15, 0.2) is 170 Å². The van der Waals surface area contributed by atoms with Gasteiger partial charge in [0.25, 0.3) is 0 Å². The molecule has 2 nitrogen and oxygen atoms in total. The van der Waals surface area contributed by atoms with Crippen molar-refractivity contribution in [2.24, 2.45) is 0 Å². The van der Waals surface area contributed by atoms with E-state index in [0.717, 1.165) is 21.9 Å². The van der Waals surface area contributed by atoms with Gasteiger partial charge in [-0.1, -0.05) is 133 Å². The largest absolute Gasteiger partial charge is 0.263 e. The molecule has 0 unspecified atom stereocenters. The zero-order valence-electron chi connectivity index (χ0n) is 25.1. The van der Waals surface area contributed by atoms with Gasteiger partial charge >= 0.3 is 0 Å². The van der Waals surface area contributed by atoms with Crippen LogP contribution in [0.1, 0.15) is 0 Å². The van der Waals surface area contributed by atoms with E-state index in [0.29, 0.717) is 0 Å². The van der Waals surface area contributed by atoms with Gasteiger partial charge in [0.1, 0.15) is 0 Å². The molecule has 0 bridgehead atoms. The summed E-state index contributed by atoms with van der Waals surface area (Å²) in [7, 11) is 0. The number of hydrogen-bond donors (Lipinski definition) is 0. The first-order valence-corrected chi connectivity index (χ1v) is 15.6. The number of nitrogens with zero attached hydrogens (tertiary/aromatic N) is 2. The molecule has 0 fully saturated rings. The van der Waals surface area contributed by atoms with E-state index >= 15 is 0 Å². The summed E-state index contributed by atoms with van der Waals surface area (Å²) in [5.41, 5.74) is 9.53. The Bertz CT molecular complexity index is 2520. The number of rotatable bonds is 4. The second-order valence-electron chi connectivity index (χ2n) is 11.8. The van der Waals surface area contributed by atoms with Gasteiger partial charge in [0, 0.05) is 46.7 Å². The Morgan fingerprint density at radius 3 is 1.43 bits per heavy atom. The first-order valence-electron chi connectivity index (χ1n) is 15.6. The minimum atomic E-state index is 1.10. The van der Waals surface area contributed by atoms with Gasteiger partial charge in [-0.2, -0.15) is 0 Å². The maximum atomic E-state index is 4.67. The summed E-state index contributed by atoms with van der Waals surface area (Å²) < 4.78 is 0. The molecule has 7 aromatic carbocycles. The third-order valence-corrected chi connectivity index (χ3v) is 9.20. The topological polar surface area (TPSA) is 25.8 Å². The van der Waals surface area contributed by atoms with Crippen LogP contribution in [0, 0.1) is 0 Å². The Morgan fingerprint density at radius 1 is 0.283 bits per heavy atom. The van der Waals surface area contributed by atoms with E-state index in [4.69, 9.17) is 0 Å². The summed E-state index contributed by atoms with van der Waals surface area (Å²) in [4.78, 5) is 9.21. The van der Waals surface area contributed by atoms with Crippen molar-refractivity contribution in [1.29, 1.82) is 0 Å². The summed E-state index contributed by atoms with van der Waals surface area (Å²) in [6.45, 7) is 0. The van der Waals surface area contributed by atoms with Crippen molar-refractivity contribution in [3.05, 3.63) is 170 Å². The molecule has 2 heterocycles. The molecular weight excluding hydrogens is 556 g/mol. The summed E-state index contributed by atoms with van der Waals surface area (Å²) in [5.74, 6) is 0. The monoisotopic (exact) mass is 584 g/mol. The lowest BCUT2D eigenvalue weighted by Crippen LogP contribution is -1.91. The molecule has 9 rings (SSSR count). The molecule has 0 aliphatic heterocycles. The predicted octanol–water partition coefficient (Wildman–Crippen LogP) is 11.8. The smallest absolute Gasteiger partial charge is 0.0353 e. The van der Waals surface area contributed by atoms with E-state index in [1.54, 1.807) is 0 Å². The van der Waals surface area contributed by atoms with Crippen LogP contribution in [0.3, 0.4) is 0 Å². The fourth-order valence-electron chi connectivity index (χ4n) is 7.11. The highest BCUT2D eigenvalue weighted by atomic mass is 14.6. The highest BCUT2D eigenvalue weighted by Crippen LogP contribution is 2.44. The molecule has 0 N–H and O–H groups in total. The number of hydrogen-bond acceptors (Lipinski definition) is 2. The number of pyridine rings is 2. The minimum absolute atomic E-state index is 1.10. The molecule has 46 heavy (non-hydrogen) atoms. The van der Waals surface area contributed by atoms with Gasteiger partial charge in [0.15, 0.2) is 0 Å². The van der Waals surface area contributed by atoms with Crippen molar-refractivity contribution in [3.63, 3.8) is 0 Å². The van der Waals surface area contributed by atoms with E-state index in [1.807, 2.05) is 24.8 Å². The molecule has 0 atom stereocenters. The highest BCUT2D eigenvalue weighted by molar-refractivity contribution is 6.21. The average molecular weight is 585 g/mol. The Hall–Kier alpha value is -6.12. The Morgan fingerprint density at radius 2 is 0.761 bits per heavy atom. The van der Waals surface area contributed by atoms with Crippen molar-refractivity contribution in [2.75, 3.05) is 0 Å². The van der Waals surface area contributed by atoms with Gasteiger partial charge in [0.2, 0.25) is 0 Å². The van der Waals surface area contributed by atoms with E-state index in [9.17, 15) is 0 Å². The van der Waals surface area contributed by atoms with E-state index in [2.05, 4.69) is 156 Å². The van der Waals surface area contributed by atoms with Gasteiger partial charge in [-0.3, -0.25) is 9.97 Å². The Labute approximate surface area is 267 Å². The second-order valence-corrected chi connectivity index (χ2v) is 11.8. The molecule has 0 radical (unpaired) electrons. The first-order chi connectivity index (χ1) is 22.8. The van der Waals surface area contributed by atoms with Crippen LogP contribution in [-0.4, -0.2) is 9.97 Å². The van der Waals surface area contributed by atoms with Crippen molar-refractivity contribution in [2.45, 2.75) is 0 Å². The molecule has 2 aromatic heterocycles. The van der Waals surface area contributed by atoms with Crippen LogP contribution in [0.4, 0.5) is 0 Å². The highest BCUT2D eigenvalue weighted by Gasteiger charge is 2.17. The van der Waals surface area contributed by atoms with Crippen LogP contribution in [0.2, 0.25) is 0 Å². The van der Waals surface area contributed by atoms with Crippen molar-refractivity contribution >= 4 is 43.1 Å². The summed E-state index contributed by atoms with van der Waals surface area (Å²) in [6, 6.07) is 52.5. The van der Waals surface area contributed by atoms with Crippen LogP contribution >= 0.6 is 0 Å². The Balaban J connectivity index is 1.21. The fourth-order valence-corrected chi connectivity index (χ4v) is 7.11. The Kier molecular flexibility index (Phi) is 6.17. The normalized spacial score (nSPS) is 11.5. The van der Waals surface area contributed by atoms with Gasteiger partial charge in [-0.25, -0.2) is 0 Å². The lowest BCUT2D eigenvalue weighted by atomic mass is 9.85. The maximum Gasteiger partial charge on any atom is 0.0353 e. The molecule has 0 aliphatic rings. The standard InChI is InChI=1S/C44H28N2/c1-2-11-29(12-3-1)43-37-17-6-8-19-39(37)44(40-20-9-7-18-38(40)43)32-15-10-14-30(23-32)31-21-22-36-34(24-31)26-46-28-42(36)41-27-45-25-33-13-4-5-16-35(33)41/h1-28H. The molecule has 0 saturated heterocycles. The van der Waals surface area contributed by atoms with Gasteiger partial charge < -0.3 is 0 Å². The summed E-state index contributed by atoms with van der Waals surface area (Å²) >= 11 is 0. The number of aromatic nitrogens is 2. The zero-order valence-corrected chi connectivity index (χ0v) is 25.1. The first kappa shape index (κ1) is 26.3. The lowest BCUT2D eigenvalue weighted by molar-refractivity contribution is 1.34. The molecule has 0 spiro atoms. The molecule has 9 aromatic rings. The molecule has 214 valence electrons. The zero-order chi connectivity index (χ0) is 30.5. The third-order valence-electron chi connectivity index (χ3n) is 9.20. The fraction of sp³-hybridized carbons (Fsp3) is 0. The van der Waals surface area contributed by atoms with Crippen molar-refractivity contribution in [3.8, 4) is 44.5 Å². The molecule has 0 aliphatic carbocycles. The van der Waals surface area contributed by atoms with Crippen LogP contribution in [0.25, 0.3) is 87.6 Å². The number of fused-ring (bicyclic) bond motifs is 4. The summed E-state index contributed by atoms with van der Waals surface area (Å²) in [5, 5.41) is 9.63. The van der Waals surface area contributed by atoms with Gasteiger partial charge in [-0.15, -0.1) is 0 Å². The predicted molar refractivity (Wildman–Crippen MR) is 194 cm³/mol. The molecule has 0 saturated carbocycles. The lowest BCUT2D eigenvalue weighted by Gasteiger charge is -2.18. The molecule has 2 heteroatoms. The molecular formula is C44H28N2. The minimum Gasteiger partial charge on any atom is -0.263 e. The average Bonchev–Trinajstić information content (AvgIpc) is 3.13. The van der Waals surface area contributed by atoms with E-state index in [-0.39, 0.29) is 0 Å². The third kappa shape index (κ3) is 4.27. The number of benzene rings is 7. The van der Waals surface area contributed by atoms with E-state index < -0.39 is 0 Å². The molecule has 0 amide bonds. The maximum absolute atomic E-state index is 4.67. The van der Waals surface area contributed by atoms with Crippen LogP contribution < -0.4 is 0 Å². The summed E-state index contributed by atoms with van der Waals surface area (Å²) in [6.07, 6.45) is 7.80. The van der Waals surface area contributed by atoms with Crippen molar-refractivity contribution in [1.82, 2.24) is 9.97 Å². The SMILES string of the molecule is c1ccc(-c2c3ccccc3c(-c3cccc(-c4ccc5c(-c6cncc7ccccc67)cncc5c4)c3)c3ccccc23)cc1.